The molecule has 0 atom stereocenters. The molecule has 1 aromatic rings. The molecule has 0 radical (unpaired) electrons. The van der Waals surface area contributed by atoms with Crippen LogP contribution in [0.1, 0.15) is 67.8 Å². The van der Waals surface area contributed by atoms with Crippen molar-refractivity contribution >= 4 is 11.7 Å². The Morgan fingerprint density at radius 2 is 2.00 bits per heavy atom. The normalized spacial score (nSPS) is 15.9. The van der Waals surface area contributed by atoms with Gasteiger partial charge in [0.05, 0.1) is 12.2 Å². The molecule has 20 heavy (non-hydrogen) atoms. The molecule has 0 amide bonds. The lowest BCUT2D eigenvalue weighted by Gasteiger charge is -2.23. The molecule has 0 aromatic heterocycles. The largest absolute Gasteiger partial charge is 0.462 e. The van der Waals surface area contributed by atoms with Gasteiger partial charge in [0.2, 0.25) is 0 Å². The molecule has 3 nitrogen and oxygen atoms in total. The van der Waals surface area contributed by atoms with Gasteiger partial charge in [-0.1, -0.05) is 25.3 Å². The Bertz CT molecular complexity index is 450. The molecule has 0 saturated heterocycles. The van der Waals surface area contributed by atoms with Gasteiger partial charge >= 0.3 is 5.97 Å². The third-order valence-electron chi connectivity index (χ3n) is 3.98. The fourth-order valence-electron chi connectivity index (χ4n) is 2.98. The molecular formula is C17H25NO2. The molecule has 110 valence electrons. The molecule has 2 rings (SSSR count). The zero-order valence-corrected chi connectivity index (χ0v) is 12.6. The second-order valence-electron chi connectivity index (χ2n) is 5.39. The van der Waals surface area contributed by atoms with Gasteiger partial charge in [-0.2, -0.15) is 0 Å². The van der Waals surface area contributed by atoms with Crippen molar-refractivity contribution in [2.45, 2.75) is 51.9 Å². The summed E-state index contributed by atoms with van der Waals surface area (Å²) < 4.78 is 5.12. The number of rotatable bonds is 5. The average Bonchev–Trinajstić information content (AvgIpc) is 2.48. The van der Waals surface area contributed by atoms with E-state index in [0.29, 0.717) is 18.1 Å². The second kappa shape index (κ2) is 7.32. The van der Waals surface area contributed by atoms with Crippen LogP contribution in [0.25, 0.3) is 0 Å². The topological polar surface area (TPSA) is 38.3 Å². The number of ether oxygens (including phenoxy) is 1. The fraction of sp³-hybridized carbons (Fsp3) is 0.588. The average molecular weight is 275 g/mol. The highest BCUT2D eigenvalue weighted by molar-refractivity contribution is 5.95. The summed E-state index contributed by atoms with van der Waals surface area (Å²) in [7, 11) is 0. The predicted molar refractivity (Wildman–Crippen MR) is 82.4 cm³/mol. The van der Waals surface area contributed by atoms with Crippen LogP contribution < -0.4 is 5.32 Å². The van der Waals surface area contributed by atoms with E-state index in [9.17, 15) is 4.79 Å². The molecule has 1 fully saturated rings. The van der Waals surface area contributed by atoms with E-state index in [4.69, 9.17) is 4.74 Å². The first kappa shape index (κ1) is 14.9. The van der Waals surface area contributed by atoms with Gasteiger partial charge < -0.3 is 10.1 Å². The number of anilines is 1. The van der Waals surface area contributed by atoms with Gasteiger partial charge in [0.1, 0.15) is 0 Å². The van der Waals surface area contributed by atoms with Crippen LogP contribution in [-0.4, -0.2) is 19.1 Å². The molecule has 0 heterocycles. The number of nitrogens with one attached hydrogen (secondary N) is 1. The van der Waals surface area contributed by atoms with Crippen LogP contribution in [0.4, 0.5) is 5.69 Å². The molecule has 1 saturated carbocycles. The molecular weight excluding hydrogens is 250 g/mol. The van der Waals surface area contributed by atoms with Crippen LogP contribution in [0.5, 0.6) is 0 Å². The minimum Gasteiger partial charge on any atom is -0.462 e. The van der Waals surface area contributed by atoms with Gasteiger partial charge in [0.25, 0.3) is 0 Å². The fourth-order valence-corrected chi connectivity index (χ4v) is 2.98. The van der Waals surface area contributed by atoms with E-state index in [-0.39, 0.29) is 5.97 Å². The summed E-state index contributed by atoms with van der Waals surface area (Å²) >= 11 is 0. The quantitative estimate of drug-likeness (QED) is 0.812. The van der Waals surface area contributed by atoms with Gasteiger partial charge in [-0.05, 0) is 50.3 Å². The van der Waals surface area contributed by atoms with Crippen LogP contribution in [0.15, 0.2) is 18.2 Å². The number of carbonyl (C=O) groups excluding carboxylic acids is 1. The highest BCUT2D eigenvalue weighted by Crippen LogP contribution is 2.34. The van der Waals surface area contributed by atoms with E-state index >= 15 is 0 Å². The van der Waals surface area contributed by atoms with Crippen molar-refractivity contribution in [2.75, 3.05) is 18.5 Å². The SMILES string of the molecule is CCNc1cc(C2CCCCC2)ccc1C(=O)OCC. The Hall–Kier alpha value is -1.51. The lowest BCUT2D eigenvalue weighted by atomic mass is 9.83. The van der Waals surface area contributed by atoms with E-state index in [1.54, 1.807) is 0 Å². The summed E-state index contributed by atoms with van der Waals surface area (Å²) in [4.78, 5) is 12.0. The second-order valence-corrected chi connectivity index (χ2v) is 5.39. The van der Waals surface area contributed by atoms with E-state index in [0.717, 1.165) is 12.2 Å². The van der Waals surface area contributed by atoms with Crippen molar-refractivity contribution in [3.05, 3.63) is 29.3 Å². The van der Waals surface area contributed by atoms with Gasteiger partial charge in [-0.15, -0.1) is 0 Å². The number of hydrogen-bond acceptors (Lipinski definition) is 3. The maximum Gasteiger partial charge on any atom is 0.340 e. The maximum atomic E-state index is 12.0. The molecule has 1 aliphatic rings. The summed E-state index contributed by atoms with van der Waals surface area (Å²) in [5, 5.41) is 3.29. The first-order valence-electron chi connectivity index (χ1n) is 7.81. The monoisotopic (exact) mass is 275 g/mol. The minimum atomic E-state index is -0.237. The van der Waals surface area contributed by atoms with Crippen molar-refractivity contribution in [3.63, 3.8) is 0 Å². The van der Waals surface area contributed by atoms with E-state index in [1.165, 1.54) is 37.7 Å². The number of benzene rings is 1. The number of carbonyl (C=O) groups is 1. The number of esters is 1. The summed E-state index contributed by atoms with van der Waals surface area (Å²) in [5.74, 6) is 0.413. The van der Waals surface area contributed by atoms with Crippen molar-refractivity contribution in [1.82, 2.24) is 0 Å². The zero-order valence-electron chi connectivity index (χ0n) is 12.6. The van der Waals surface area contributed by atoms with Crippen LogP contribution in [0.2, 0.25) is 0 Å². The molecule has 1 aromatic carbocycles. The van der Waals surface area contributed by atoms with Crippen molar-refractivity contribution in [3.8, 4) is 0 Å². The summed E-state index contributed by atoms with van der Waals surface area (Å²) in [6.45, 7) is 5.10. The van der Waals surface area contributed by atoms with Crippen LogP contribution in [-0.2, 0) is 4.74 Å². The maximum absolute atomic E-state index is 12.0. The number of hydrogen-bond donors (Lipinski definition) is 1. The molecule has 1 aliphatic carbocycles. The van der Waals surface area contributed by atoms with Gasteiger partial charge in [-0.25, -0.2) is 4.79 Å². The molecule has 3 heteroatoms. The van der Waals surface area contributed by atoms with E-state index in [1.807, 2.05) is 19.9 Å². The predicted octanol–water partition coefficient (Wildman–Crippen LogP) is 4.34. The van der Waals surface area contributed by atoms with Gasteiger partial charge in [-0.3, -0.25) is 0 Å². The molecule has 0 unspecified atom stereocenters. The first-order chi connectivity index (χ1) is 9.76. The van der Waals surface area contributed by atoms with Crippen molar-refractivity contribution in [2.24, 2.45) is 0 Å². The first-order valence-corrected chi connectivity index (χ1v) is 7.81. The third kappa shape index (κ3) is 3.53. The van der Waals surface area contributed by atoms with Gasteiger partial charge in [0.15, 0.2) is 0 Å². The third-order valence-corrected chi connectivity index (χ3v) is 3.98. The summed E-state index contributed by atoms with van der Waals surface area (Å²) in [6.07, 6.45) is 6.54. The molecule has 0 aliphatic heterocycles. The zero-order chi connectivity index (χ0) is 14.4. The molecule has 0 spiro atoms. The smallest absolute Gasteiger partial charge is 0.340 e. The van der Waals surface area contributed by atoms with Crippen LogP contribution in [0.3, 0.4) is 0 Å². The van der Waals surface area contributed by atoms with Crippen LogP contribution >= 0.6 is 0 Å². The highest BCUT2D eigenvalue weighted by Gasteiger charge is 2.18. The van der Waals surface area contributed by atoms with E-state index in [2.05, 4.69) is 17.4 Å². The summed E-state index contributed by atoms with van der Waals surface area (Å²) in [6, 6.07) is 6.16. The Morgan fingerprint density at radius 1 is 1.25 bits per heavy atom. The lowest BCUT2D eigenvalue weighted by Crippen LogP contribution is -2.11. The van der Waals surface area contributed by atoms with Crippen molar-refractivity contribution < 1.29 is 9.53 Å². The molecule has 0 bridgehead atoms. The van der Waals surface area contributed by atoms with Crippen LogP contribution in [0, 0.1) is 0 Å². The summed E-state index contributed by atoms with van der Waals surface area (Å²) in [5.41, 5.74) is 2.91. The Balaban J connectivity index is 2.23. The standard InChI is InChI=1S/C17H25NO2/c1-3-18-16-12-14(13-8-6-5-7-9-13)10-11-15(16)17(19)20-4-2/h10-13,18H,3-9H2,1-2H3. The van der Waals surface area contributed by atoms with E-state index < -0.39 is 0 Å². The Kier molecular flexibility index (Phi) is 5.45. The highest BCUT2D eigenvalue weighted by atomic mass is 16.5. The molecule has 1 N–H and O–H groups in total. The minimum absolute atomic E-state index is 0.237. The lowest BCUT2D eigenvalue weighted by molar-refractivity contribution is 0.0527. The Labute approximate surface area is 121 Å². The van der Waals surface area contributed by atoms with Crippen molar-refractivity contribution in [1.29, 1.82) is 0 Å². The Morgan fingerprint density at radius 3 is 2.65 bits per heavy atom. The van der Waals surface area contributed by atoms with Gasteiger partial charge in [0, 0.05) is 12.2 Å².